The summed E-state index contributed by atoms with van der Waals surface area (Å²) in [7, 11) is 0. The highest BCUT2D eigenvalue weighted by Crippen LogP contribution is 2.08. The highest BCUT2D eigenvalue weighted by atomic mass is 16.3. The Morgan fingerprint density at radius 2 is 2.10 bits per heavy atom. The summed E-state index contributed by atoms with van der Waals surface area (Å²) < 4.78 is 0. The molecule has 0 spiro atoms. The van der Waals surface area contributed by atoms with Crippen molar-refractivity contribution in [1.29, 1.82) is 0 Å². The van der Waals surface area contributed by atoms with Crippen molar-refractivity contribution in [3.8, 4) is 0 Å². The second kappa shape index (κ2) is 5.48. The molecule has 10 heavy (non-hydrogen) atoms. The van der Waals surface area contributed by atoms with E-state index in [1.165, 1.54) is 0 Å². The van der Waals surface area contributed by atoms with Crippen LogP contribution in [-0.2, 0) is 0 Å². The molecule has 0 aromatic rings. The van der Waals surface area contributed by atoms with E-state index in [1.54, 1.807) is 0 Å². The van der Waals surface area contributed by atoms with Crippen LogP contribution in [0.15, 0.2) is 11.6 Å². The lowest BCUT2D eigenvalue weighted by atomic mass is 10.0. The second-order valence-electron chi connectivity index (χ2n) is 2.72. The highest BCUT2D eigenvalue weighted by molar-refractivity contribution is 5.02. The Morgan fingerprint density at radius 3 is 2.40 bits per heavy atom. The van der Waals surface area contributed by atoms with Crippen molar-refractivity contribution >= 4 is 0 Å². The Hall–Kier alpha value is -0.300. The topological polar surface area (TPSA) is 20.2 Å². The molecule has 1 nitrogen and oxygen atoms in total. The smallest absolute Gasteiger partial charge is 0.0641 e. The van der Waals surface area contributed by atoms with E-state index in [0.717, 1.165) is 18.4 Å². The molecule has 60 valence electrons. The molecule has 0 aliphatic rings. The number of hydrogen-bond acceptors (Lipinski definition) is 1. The lowest BCUT2D eigenvalue weighted by Crippen LogP contribution is -1.93. The third kappa shape index (κ3) is 3.67. The fourth-order valence-corrected chi connectivity index (χ4v) is 0.803. The van der Waals surface area contributed by atoms with Gasteiger partial charge in [-0.1, -0.05) is 33.3 Å². The minimum atomic E-state index is 0.223. The lowest BCUT2D eigenvalue weighted by Gasteiger charge is -2.04. The average Bonchev–Trinajstić information content (AvgIpc) is 1.99. The van der Waals surface area contributed by atoms with Crippen molar-refractivity contribution in [2.45, 2.75) is 33.6 Å². The molecule has 1 heteroatoms. The summed E-state index contributed by atoms with van der Waals surface area (Å²) in [5.41, 5.74) is 1.16. The molecule has 0 aromatic carbocycles. The van der Waals surface area contributed by atoms with E-state index in [2.05, 4.69) is 26.8 Å². The van der Waals surface area contributed by atoms with Gasteiger partial charge in [0.2, 0.25) is 0 Å². The third-order valence-corrected chi connectivity index (χ3v) is 1.82. The van der Waals surface area contributed by atoms with Crippen LogP contribution in [0.4, 0.5) is 0 Å². The van der Waals surface area contributed by atoms with Crippen LogP contribution in [0.25, 0.3) is 0 Å². The molecule has 0 aliphatic carbocycles. The Bertz CT molecular complexity index is 99.3. The molecule has 0 bridgehead atoms. The predicted octanol–water partition coefficient (Wildman–Crippen LogP) is 2.36. The molecule has 0 saturated carbocycles. The summed E-state index contributed by atoms with van der Waals surface area (Å²) in [6.45, 7) is 6.63. The van der Waals surface area contributed by atoms with Gasteiger partial charge in [-0.3, -0.25) is 0 Å². The number of allylic oxidation sites excluding steroid dienone is 1. The quantitative estimate of drug-likeness (QED) is 0.597. The van der Waals surface area contributed by atoms with Gasteiger partial charge in [0.1, 0.15) is 0 Å². The number of hydrogen-bond donors (Lipinski definition) is 1. The summed E-state index contributed by atoms with van der Waals surface area (Å²) in [5, 5.41) is 8.80. The monoisotopic (exact) mass is 142 g/mol. The zero-order valence-corrected chi connectivity index (χ0v) is 7.22. The third-order valence-electron chi connectivity index (χ3n) is 1.82. The average molecular weight is 142 g/mol. The van der Waals surface area contributed by atoms with Gasteiger partial charge in [0.25, 0.3) is 0 Å². The SMILES string of the molecule is CCC(=CC(C)CC)CO. The zero-order chi connectivity index (χ0) is 7.98. The van der Waals surface area contributed by atoms with Crippen LogP contribution in [0.2, 0.25) is 0 Å². The predicted molar refractivity (Wildman–Crippen MR) is 44.9 cm³/mol. The van der Waals surface area contributed by atoms with Crippen LogP contribution in [0, 0.1) is 5.92 Å². The Morgan fingerprint density at radius 1 is 1.50 bits per heavy atom. The maximum atomic E-state index is 8.80. The van der Waals surface area contributed by atoms with Crippen molar-refractivity contribution in [3.63, 3.8) is 0 Å². The Labute approximate surface area is 63.8 Å². The van der Waals surface area contributed by atoms with Crippen molar-refractivity contribution < 1.29 is 5.11 Å². The Balaban J connectivity index is 3.83. The van der Waals surface area contributed by atoms with Gasteiger partial charge in [-0.25, -0.2) is 0 Å². The van der Waals surface area contributed by atoms with E-state index < -0.39 is 0 Å². The molecular weight excluding hydrogens is 124 g/mol. The molecule has 0 aromatic heterocycles. The van der Waals surface area contributed by atoms with E-state index >= 15 is 0 Å². The fraction of sp³-hybridized carbons (Fsp3) is 0.778. The van der Waals surface area contributed by atoms with Gasteiger partial charge in [0.15, 0.2) is 0 Å². The molecule has 0 amide bonds. The van der Waals surface area contributed by atoms with E-state index in [4.69, 9.17) is 5.11 Å². The maximum absolute atomic E-state index is 8.80. The first kappa shape index (κ1) is 9.70. The summed E-state index contributed by atoms with van der Waals surface area (Å²) in [4.78, 5) is 0. The molecule has 0 saturated heterocycles. The standard InChI is InChI=1S/C9H18O/c1-4-8(3)6-9(5-2)7-10/h6,8,10H,4-5,7H2,1-3H3. The van der Waals surface area contributed by atoms with E-state index in [0.29, 0.717) is 5.92 Å². The van der Waals surface area contributed by atoms with Crippen molar-refractivity contribution in [2.24, 2.45) is 5.92 Å². The van der Waals surface area contributed by atoms with Crippen LogP contribution < -0.4 is 0 Å². The molecule has 0 fully saturated rings. The van der Waals surface area contributed by atoms with Crippen LogP contribution >= 0.6 is 0 Å². The molecule has 1 atom stereocenters. The molecule has 0 heterocycles. The second-order valence-corrected chi connectivity index (χ2v) is 2.72. The summed E-state index contributed by atoms with van der Waals surface area (Å²) in [5.74, 6) is 0.613. The van der Waals surface area contributed by atoms with Crippen LogP contribution in [0.5, 0.6) is 0 Å². The van der Waals surface area contributed by atoms with Crippen molar-refractivity contribution in [1.82, 2.24) is 0 Å². The van der Waals surface area contributed by atoms with Gasteiger partial charge >= 0.3 is 0 Å². The maximum Gasteiger partial charge on any atom is 0.0641 e. The minimum absolute atomic E-state index is 0.223. The van der Waals surface area contributed by atoms with Gasteiger partial charge in [0.05, 0.1) is 6.61 Å². The number of rotatable bonds is 4. The van der Waals surface area contributed by atoms with Gasteiger partial charge in [0, 0.05) is 0 Å². The largest absolute Gasteiger partial charge is 0.392 e. The first-order chi connectivity index (χ1) is 4.74. The van der Waals surface area contributed by atoms with Crippen LogP contribution in [0.1, 0.15) is 33.6 Å². The fourth-order valence-electron chi connectivity index (χ4n) is 0.803. The molecule has 1 N–H and O–H groups in total. The zero-order valence-electron chi connectivity index (χ0n) is 7.22. The van der Waals surface area contributed by atoms with Crippen molar-refractivity contribution in [3.05, 3.63) is 11.6 Å². The molecule has 1 unspecified atom stereocenters. The van der Waals surface area contributed by atoms with Gasteiger partial charge in [-0.15, -0.1) is 0 Å². The van der Waals surface area contributed by atoms with Gasteiger partial charge in [-0.05, 0) is 17.9 Å². The minimum Gasteiger partial charge on any atom is -0.392 e. The molecule has 0 rings (SSSR count). The van der Waals surface area contributed by atoms with E-state index in [9.17, 15) is 0 Å². The van der Waals surface area contributed by atoms with Crippen molar-refractivity contribution in [2.75, 3.05) is 6.61 Å². The summed E-state index contributed by atoms with van der Waals surface area (Å²) in [6.07, 6.45) is 4.30. The van der Waals surface area contributed by atoms with Crippen LogP contribution in [0.3, 0.4) is 0 Å². The highest BCUT2D eigenvalue weighted by Gasteiger charge is 1.95. The van der Waals surface area contributed by atoms with E-state index in [1.807, 2.05) is 0 Å². The number of aliphatic hydroxyl groups excluding tert-OH is 1. The normalized spacial score (nSPS) is 15.4. The first-order valence-corrected chi connectivity index (χ1v) is 4.05. The number of aliphatic hydroxyl groups is 1. The lowest BCUT2D eigenvalue weighted by molar-refractivity contribution is 0.326. The summed E-state index contributed by atoms with van der Waals surface area (Å²) in [6, 6.07) is 0. The van der Waals surface area contributed by atoms with Gasteiger partial charge in [-0.2, -0.15) is 0 Å². The van der Waals surface area contributed by atoms with Crippen LogP contribution in [-0.4, -0.2) is 11.7 Å². The van der Waals surface area contributed by atoms with E-state index in [-0.39, 0.29) is 6.61 Å². The first-order valence-electron chi connectivity index (χ1n) is 4.05. The Kier molecular flexibility index (Phi) is 5.32. The molecular formula is C9H18O. The summed E-state index contributed by atoms with van der Waals surface area (Å²) >= 11 is 0. The van der Waals surface area contributed by atoms with Gasteiger partial charge < -0.3 is 5.11 Å². The molecule has 0 radical (unpaired) electrons. The molecule has 0 aliphatic heterocycles.